The molecule has 51 heavy (non-hydrogen) atoms. The summed E-state index contributed by atoms with van der Waals surface area (Å²) in [6.07, 6.45) is 21.3. The summed E-state index contributed by atoms with van der Waals surface area (Å²) in [5, 5.41) is 11.7. The third kappa shape index (κ3) is 11.1. The summed E-state index contributed by atoms with van der Waals surface area (Å²) in [6, 6.07) is 2.58. The highest BCUT2D eigenvalue weighted by atomic mass is 16.6. The van der Waals surface area contributed by atoms with Gasteiger partial charge in [-0.25, -0.2) is 14.8 Å². The van der Waals surface area contributed by atoms with Crippen molar-refractivity contribution in [2.75, 3.05) is 44.2 Å². The number of anilines is 1. The Kier molecular flexibility index (Phi) is 14.1. The second-order valence-electron chi connectivity index (χ2n) is 15.9. The average molecular weight is 706 g/mol. The van der Waals surface area contributed by atoms with Gasteiger partial charge in [-0.05, 0) is 76.0 Å². The smallest absolute Gasteiger partial charge is 0.410 e. The van der Waals surface area contributed by atoms with Gasteiger partial charge in [0.1, 0.15) is 11.7 Å². The number of aliphatic hydroxyl groups is 1. The molecule has 1 aliphatic carbocycles. The van der Waals surface area contributed by atoms with Crippen LogP contribution in [0.1, 0.15) is 117 Å². The molecule has 282 valence electrons. The maximum Gasteiger partial charge on any atom is 0.410 e. The number of carbonyl (C=O) groups is 2. The fourth-order valence-electron chi connectivity index (χ4n) is 7.95. The van der Waals surface area contributed by atoms with Gasteiger partial charge in [0.2, 0.25) is 5.95 Å². The molecule has 2 saturated heterocycles. The van der Waals surface area contributed by atoms with Crippen LogP contribution in [0.5, 0.6) is 0 Å². The van der Waals surface area contributed by atoms with Gasteiger partial charge in [0, 0.05) is 69.8 Å². The Hall–Kier alpha value is -3.24. The molecule has 1 saturated carbocycles. The van der Waals surface area contributed by atoms with E-state index in [1.54, 1.807) is 17.9 Å². The molecule has 0 bridgehead atoms. The van der Waals surface area contributed by atoms with Gasteiger partial charge in [0.15, 0.2) is 6.10 Å². The van der Waals surface area contributed by atoms with E-state index in [4.69, 9.17) is 14.5 Å². The minimum absolute atomic E-state index is 0.0000901. The number of rotatable bonds is 7. The van der Waals surface area contributed by atoms with Gasteiger partial charge in [-0.3, -0.25) is 9.69 Å². The van der Waals surface area contributed by atoms with E-state index < -0.39 is 17.8 Å². The number of esters is 1. The third-order valence-corrected chi connectivity index (χ3v) is 11.5. The van der Waals surface area contributed by atoms with Gasteiger partial charge in [0.25, 0.3) is 0 Å². The zero-order valence-electron chi connectivity index (χ0n) is 31.8. The number of aromatic nitrogens is 2. The van der Waals surface area contributed by atoms with Crippen LogP contribution in [0.25, 0.3) is 0 Å². The minimum Gasteiger partial charge on any atom is -0.457 e. The Morgan fingerprint density at radius 1 is 1.02 bits per heavy atom. The van der Waals surface area contributed by atoms with Crippen molar-refractivity contribution in [2.45, 2.75) is 135 Å². The lowest BCUT2D eigenvalue weighted by atomic mass is 9.87. The SMILES string of the molecule is C/C(=C\C=C\C(C)c1ccnc(N2CCCC2)n1)[C@H]1OC(=O)C[C@H](C)CC[C@@](C)(O)[C@@H](OC(=O)N2CCN(C3CCCCCC3)CC2)/C=C/[C@@H]1C. The van der Waals surface area contributed by atoms with Crippen LogP contribution in [0.2, 0.25) is 0 Å². The molecule has 4 heterocycles. The maximum atomic E-state index is 13.5. The number of hydrogen-bond donors (Lipinski definition) is 1. The molecule has 1 amide bonds. The van der Waals surface area contributed by atoms with E-state index in [1.165, 1.54) is 51.4 Å². The maximum absolute atomic E-state index is 13.5. The highest BCUT2D eigenvalue weighted by Gasteiger charge is 2.37. The fourth-order valence-corrected chi connectivity index (χ4v) is 7.95. The Bertz CT molecular complexity index is 1370. The number of amides is 1. The summed E-state index contributed by atoms with van der Waals surface area (Å²) in [5.41, 5.74) is 0.576. The van der Waals surface area contributed by atoms with E-state index in [0.29, 0.717) is 32.0 Å². The quantitative estimate of drug-likeness (QED) is 0.136. The number of allylic oxidation sites excluding steroid dienone is 3. The first-order valence-electron chi connectivity index (χ1n) is 19.7. The number of cyclic esters (lactones) is 1. The van der Waals surface area contributed by atoms with Gasteiger partial charge in [-0.2, -0.15) is 0 Å². The average Bonchev–Trinajstić information content (AvgIpc) is 3.53. The van der Waals surface area contributed by atoms with Crippen LogP contribution in [-0.4, -0.2) is 100 Å². The van der Waals surface area contributed by atoms with Crippen molar-refractivity contribution in [1.82, 2.24) is 19.8 Å². The molecule has 10 heteroatoms. The number of carbonyl (C=O) groups excluding carboxylic acids is 2. The first kappa shape index (κ1) is 39.0. The second kappa shape index (κ2) is 18.5. The molecular formula is C41H63N5O5. The molecule has 4 aliphatic rings. The normalized spacial score (nSPS) is 31.0. The van der Waals surface area contributed by atoms with Gasteiger partial charge < -0.3 is 24.4 Å². The highest BCUT2D eigenvalue weighted by Crippen LogP contribution is 2.30. The van der Waals surface area contributed by atoms with Crippen molar-refractivity contribution in [3.05, 3.63) is 53.9 Å². The van der Waals surface area contributed by atoms with Crippen LogP contribution in [0.3, 0.4) is 0 Å². The summed E-state index contributed by atoms with van der Waals surface area (Å²) in [4.78, 5) is 42.5. The van der Waals surface area contributed by atoms with E-state index in [-0.39, 0.29) is 36.2 Å². The van der Waals surface area contributed by atoms with E-state index in [9.17, 15) is 14.7 Å². The molecule has 0 aromatic carbocycles. The first-order valence-corrected chi connectivity index (χ1v) is 19.7. The first-order chi connectivity index (χ1) is 24.5. The van der Waals surface area contributed by atoms with Crippen LogP contribution in [-0.2, 0) is 14.3 Å². The van der Waals surface area contributed by atoms with E-state index in [2.05, 4.69) is 27.8 Å². The Morgan fingerprint density at radius 2 is 1.73 bits per heavy atom. The molecule has 3 fully saturated rings. The largest absolute Gasteiger partial charge is 0.457 e. The monoisotopic (exact) mass is 705 g/mol. The fraction of sp³-hybridized carbons (Fsp3) is 0.707. The molecule has 5 rings (SSSR count). The zero-order chi connectivity index (χ0) is 36.4. The van der Waals surface area contributed by atoms with Gasteiger partial charge >= 0.3 is 12.1 Å². The summed E-state index contributed by atoms with van der Waals surface area (Å²) < 4.78 is 12.2. The standard InChI is InChI=1S/C41H63N5O5/c1-30-19-21-41(5,49)36(50-40(48)46-27-25-44(26-28-46)34-15-8-6-7-9-16-34)18-17-33(4)38(51-37(47)29-30)32(3)14-12-13-31(2)35-20-22-42-39(43-35)45-23-10-11-24-45/h12-14,17-18,20,22,30-31,33-34,36,38,49H,6-11,15-16,19,21,23-29H2,1-5H3/b13-12+,18-17+,32-14+/t30-,31?,33+,36+,38-,41-/m1/s1. The van der Waals surface area contributed by atoms with Crippen molar-refractivity contribution in [2.24, 2.45) is 11.8 Å². The molecule has 0 radical (unpaired) electrons. The molecule has 1 N–H and O–H groups in total. The predicted molar refractivity (Wildman–Crippen MR) is 202 cm³/mol. The summed E-state index contributed by atoms with van der Waals surface area (Å²) in [5.74, 6) is 0.394. The zero-order valence-corrected chi connectivity index (χ0v) is 31.8. The third-order valence-electron chi connectivity index (χ3n) is 11.5. The summed E-state index contributed by atoms with van der Waals surface area (Å²) in [7, 11) is 0. The van der Waals surface area contributed by atoms with Crippen LogP contribution >= 0.6 is 0 Å². The van der Waals surface area contributed by atoms with Crippen molar-refractivity contribution < 1.29 is 24.2 Å². The van der Waals surface area contributed by atoms with E-state index in [1.807, 2.05) is 51.3 Å². The van der Waals surface area contributed by atoms with Gasteiger partial charge in [0.05, 0.1) is 5.69 Å². The van der Waals surface area contributed by atoms with Crippen molar-refractivity contribution in [1.29, 1.82) is 0 Å². The van der Waals surface area contributed by atoms with Gasteiger partial charge in [-0.15, -0.1) is 0 Å². The minimum atomic E-state index is -1.29. The number of ether oxygens (including phenoxy) is 2. The van der Waals surface area contributed by atoms with E-state index in [0.717, 1.165) is 43.4 Å². The molecular weight excluding hydrogens is 642 g/mol. The molecule has 10 nitrogen and oxygen atoms in total. The Labute approximate surface area is 306 Å². The lowest BCUT2D eigenvalue weighted by Crippen LogP contribution is -2.53. The van der Waals surface area contributed by atoms with Crippen LogP contribution in [0, 0.1) is 11.8 Å². The molecule has 1 aromatic heterocycles. The lowest BCUT2D eigenvalue weighted by molar-refractivity contribution is -0.150. The number of piperazine rings is 1. The number of hydrogen-bond acceptors (Lipinski definition) is 9. The molecule has 0 spiro atoms. The molecule has 1 aromatic rings. The lowest BCUT2D eigenvalue weighted by Gasteiger charge is -2.40. The van der Waals surface area contributed by atoms with Crippen molar-refractivity contribution >= 4 is 18.0 Å². The topological polar surface area (TPSA) is 108 Å². The summed E-state index contributed by atoms with van der Waals surface area (Å²) >= 11 is 0. The molecule has 3 aliphatic heterocycles. The van der Waals surface area contributed by atoms with Crippen molar-refractivity contribution in [3.63, 3.8) is 0 Å². The van der Waals surface area contributed by atoms with Crippen LogP contribution in [0.4, 0.5) is 10.7 Å². The van der Waals surface area contributed by atoms with Crippen molar-refractivity contribution in [3.8, 4) is 0 Å². The van der Waals surface area contributed by atoms with Crippen LogP contribution in [0.15, 0.2) is 48.2 Å². The highest BCUT2D eigenvalue weighted by molar-refractivity contribution is 5.70. The summed E-state index contributed by atoms with van der Waals surface area (Å²) in [6.45, 7) is 14.8. The van der Waals surface area contributed by atoms with Gasteiger partial charge in [-0.1, -0.05) is 70.8 Å². The Balaban J connectivity index is 1.26. The molecule has 1 unspecified atom stereocenters. The van der Waals surface area contributed by atoms with E-state index >= 15 is 0 Å². The number of nitrogens with zero attached hydrogens (tertiary/aromatic N) is 5. The van der Waals surface area contributed by atoms with Crippen LogP contribution < -0.4 is 4.90 Å². The molecule has 6 atom stereocenters. The predicted octanol–water partition coefficient (Wildman–Crippen LogP) is 7.20. The second-order valence-corrected chi connectivity index (χ2v) is 15.9. The Morgan fingerprint density at radius 3 is 2.43 bits per heavy atom.